The Morgan fingerprint density at radius 2 is 2.15 bits per heavy atom. The van der Waals surface area contributed by atoms with Crippen molar-refractivity contribution in [2.45, 2.75) is 52.0 Å². The monoisotopic (exact) mass is 182 g/mol. The third kappa shape index (κ3) is 3.03. The quantitative estimate of drug-likeness (QED) is 0.703. The van der Waals surface area contributed by atoms with Gasteiger partial charge in [0.2, 0.25) is 0 Å². The van der Waals surface area contributed by atoms with Gasteiger partial charge in [-0.2, -0.15) is 0 Å². The second kappa shape index (κ2) is 5.28. The lowest BCUT2D eigenvalue weighted by atomic mass is 10.00. The lowest BCUT2D eigenvalue weighted by Gasteiger charge is -2.16. The van der Waals surface area contributed by atoms with Crippen molar-refractivity contribution >= 4 is 0 Å². The molecular formula is C11H22N2. The number of hydrogen-bond acceptors (Lipinski definition) is 2. The zero-order chi connectivity index (χ0) is 9.68. The molecule has 0 amide bonds. The van der Waals surface area contributed by atoms with Crippen molar-refractivity contribution in [3.63, 3.8) is 0 Å². The molecule has 1 heterocycles. The van der Waals surface area contributed by atoms with E-state index in [1.54, 1.807) is 5.57 Å². The lowest BCUT2D eigenvalue weighted by molar-refractivity contribution is 0.316. The van der Waals surface area contributed by atoms with E-state index in [1.807, 2.05) is 0 Å². The molecule has 2 nitrogen and oxygen atoms in total. The van der Waals surface area contributed by atoms with Crippen molar-refractivity contribution in [1.29, 1.82) is 0 Å². The van der Waals surface area contributed by atoms with E-state index in [9.17, 15) is 0 Å². The molecule has 0 fully saturated rings. The van der Waals surface area contributed by atoms with Gasteiger partial charge in [0.05, 0.1) is 0 Å². The van der Waals surface area contributed by atoms with Crippen molar-refractivity contribution in [1.82, 2.24) is 10.4 Å². The van der Waals surface area contributed by atoms with Crippen LogP contribution in [0, 0.1) is 0 Å². The van der Waals surface area contributed by atoms with Crippen LogP contribution in [0.2, 0.25) is 0 Å². The van der Waals surface area contributed by atoms with E-state index in [0.29, 0.717) is 6.04 Å². The first kappa shape index (κ1) is 10.6. The van der Waals surface area contributed by atoms with E-state index < -0.39 is 0 Å². The summed E-state index contributed by atoms with van der Waals surface area (Å²) in [5.41, 5.74) is 5.05. The van der Waals surface area contributed by atoms with Crippen LogP contribution >= 0.6 is 0 Å². The van der Waals surface area contributed by atoms with E-state index in [1.165, 1.54) is 32.1 Å². The lowest BCUT2D eigenvalue weighted by Crippen LogP contribution is -2.33. The Morgan fingerprint density at radius 3 is 2.77 bits per heavy atom. The van der Waals surface area contributed by atoms with Crippen LogP contribution in [0.1, 0.15) is 46.0 Å². The summed E-state index contributed by atoms with van der Waals surface area (Å²) in [5, 5.41) is 2.10. The zero-order valence-corrected chi connectivity index (χ0v) is 9.14. The molecule has 0 radical (unpaired) electrons. The minimum absolute atomic E-state index is 0.616. The summed E-state index contributed by atoms with van der Waals surface area (Å²) >= 11 is 0. The molecule has 0 aromatic carbocycles. The summed E-state index contributed by atoms with van der Waals surface area (Å²) in [7, 11) is 2.08. The van der Waals surface area contributed by atoms with Crippen molar-refractivity contribution in [2.24, 2.45) is 0 Å². The molecular weight excluding hydrogens is 160 g/mol. The third-order valence-corrected chi connectivity index (χ3v) is 2.55. The maximum Gasteiger partial charge on any atom is 0.0489 e. The number of rotatable bonds is 5. The van der Waals surface area contributed by atoms with Crippen molar-refractivity contribution < 1.29 is 0 Å². The summed E-state index contributed by atoms with van der Waals surface area (Å²) < 4.78 is 0. The van der Waals surface area contributed by atoms with Gasteiger partial charge in [-0.05, 0) is 18.4 Å². The SMILES string of the molecule is CCCCC1NN(C)C=C1CCC. The summed E-state index contributed by atoms with van der Waals surface area (Å²) in [6, 6.07) is 0.616. The van der Waals surface area contributed by atoms with Crippen LogP contribution in [0.15, 0.2) is 11.8 Å². The average Bonchev–Trinajstić information content (AvgIpc) is 2.44. The van der Waals surface area contributed by atoms with E-state index in [-0.39, 0.29) is 0 Å². The molecule has 0 saturated heterocycles. The first-order valence-corrected chi connectivity index (χ1v) is 5.47. The summed E-state index contributed by atoms with van der Waals surface area (Å²) in [6.45, 7) is 4.50. The molecule has 0 saturated carbocycles. The van der Waals surface area contributed by atoms with Crippen LogP contribution in [-0.2, 0) is 0 Å². The van der Waals surface area contributed by atoms with Crippen LogP contribution in [0.3, 0.4) is 0 Å². The standard InChI is InChI=1S/C11H22N2/c1-4-6-8-11-10(7-5-2)9-13(3)12-11/h9,11-12H,4-8H2,1-3H3. The molecule has 13 heavy (non-hydrogen) atoms. The van der Waals surface area contributed by atoms with Gasteiger partial charge in [0, 0.05) is 19.3 Å². The summed E-state index contributed by atoms with van der Waals surface area (Å²) in [4.78, 5) is 0. The van der Waals surface area contributed by atoms with Crippen LogP contribution in [0.5, 0.6) is 0 Å². The fourth-order valence-electron chi connectivity index (χ4n) is 1.89. The highest BCUT2D eigenvalue weighted by atomic mass is 15.5. The van der Waals surface area contributed by atoms with E-state index in [4.69, 9.17) is 0 Å². The molecule has 1 atom stereocenters. The minimum atomic E-state index is 0.616. The molecule has 1 rings (SSSR count). The van der Waals surface area contributed by atoms with E-state index >= 15 is 0 Å². The second-order valence-electron chi connectivity index (χ2n) is 3.89. The van der Waals surface area contributed by atoms with Gasteiger partial charge < -0.3 is 5.01 Å². The molecule has 0 spiro atoms. The largest absolute Gasteiger partial charge is 0.318 e. The van der Waals surface area contributed by atoms with Gasteiger partial charge in [-0.1, -0.05) is 33.1 Å². The van der Waals surface area contributed by atoms with Crippen LogP contribution in [0.4, 0.5) is 0 Å². The molecule has 76 valence electrons. The van der Waals surface area contributed by atoms with Crippen LogP contribution < -0.4 is 5.43 Å². The Kier molecular flexibility index (Phi) is 4.29. The van der Waals surface area contributed by atoms with Gasteiger partial charge >= 0.3 is 0 Å². The first-order valence-electron chi connectivity index (χ1n) is 5.47. The van der Waals surface area contributed by atoms with Gasteiger partial charge in [0.25, 0.3) is 0 Å². The van der Waals surface area contributed by atoms with E-state index in [2.05, 4.69) is 37.5 Å². The van der Waals surface area contributed by atoms with Gasteiger partial charge in [0.15, 0.2) is 0 Å². The minimum Gasteiger partial charge on any atom is -0.318 e. The first-order chi connectivity index (χ1) is 6.27. The Balaban J connectivity index is 2.40. The Labute approximate surface area is 82.0 Å². The Hall–Kier alpha value is -0.500. The normalized spacial score (nSPS) is 22.2. The highest BCUT2D eigenvalue weighted by Gasteiger charge is 2.19. The average molecular weight is 182 g/mol. The fourth-order valence-corrected chi connectivity index (χ4v) is 1.89. The molecule has 0 bridgehead atoms. The number of nitrogens with zero attached hydrogens (tertiary/aromatic N) is 1. The molecule has 1 aliphatic heterocycles. The molecule has 0 aromatic heterocycles. The number of unbranched alkanes of at least 4 members (excludes halogenated alkanes) is 1. The molecule has 1 N–H and O–H groups in total. The number of nitrogens with one attached hydrogen (secondary N) is 1. The number of hydrazine groups is 1. The summed E-state index contributed by atoms with van der Waals surface area (Å²) in [6.07, 6.45) is 8.65. The highest BCUT2D eigenvalue weighted by Crippen LogP contribution is 2.20. The highest BCUT2D eigenvalue weighted by molar-refractivity contribution is 5.14. The molecule has 0 aliphatic carbocycles. The van der Waals surface area contributed by atoms with Crippen molar-refractivity contribution in [2.75, 3.05) is 7.05 Å². The smallest absolute Gasteiger partial charge is 0.0489 e. The molecule has 1 unspecified atom stereocenters. The molecule has 1 aliphatic rings. The predicted octanol–water partition coefficient (Wildman–Crippen LogP) is 2.68. The van der Waals surface area contributed by atoms with Gasteiger partial charge in [-0.25, -0.2) is 5.43 Å². The van der Waals surface area contributed by atoms with Crippen molar-refractivity contribution in [3.8, 4) is 0 Å². The predicted molar refractivity (Wildman–Crippen MR) is 57.2 cm³/mol. The maximum absolute atomic E-state index is 3.46. The Morgan fingerprint density at radius 1 is 1.38 bits per heavy atom. The van der Waals surface area contributed by atoms with E-state index in [0.717, 1.165) is 0 Å². The van der Waals surface area contributed by atoms with Crippen LogP contribution in [0.25, 0.3) is 0 Å². The number of hydrogen-bond donors (Lipinski definition) is 1. The van der Waals surface area contributed by atoms with Gasteiger partial charge in [0.1, 0.15) is 0 Å². The van der Waals surface area contributed by atoms with Crippen molar-refractivity contribution in [3.05, 3.63) is 11.8 Å². The second-order valence-corrected chi connectivity index (χ2v) is 3.89. The molecule has 2 heteroatoms. The van der Waals surface area contributed by atoms with Crippen LogP contribution in [-0.4, -0.2) is 18.1 Å². The Bertz CT molecular complexity index is 175. The van der Waals surface area contributed by atoms with Gasteiger partial charge in [-0.3, -0.25) is 0 Å². The molecule has 0 aromatic rings. The zero-order valence-electron chi connectivity index (χ0n) is 9.14. The van der Waals surface area contributed by atoms with Gasteiger partial charge in [-0.15, -0.1) is 0 Å². The fraction of sp³-hybridized carbons (Fsp3) is 0.818. The third-order valence-electron chi connectivity index (χ3n) is 2.55. The topological polar surface area (TPSA) is 15.3 Å². The maximum atomic E-state index is 3.46. The summed E-state index contributed by atoms with van der Waals surface area (Å²) in [5.74, 6) is 0.